The third-order valence-corrected chi connectivity index (χ3v) is 2.67. The molecule has 1 atom stereocenters. The quantitative estimate of drug-likeness (QED) is 0.712. The Morgan fingerprint density at radius 3 is 3.00 bits per heavy atom. The second-order valence-electron chi connectivity index (χ2n) is 3.94. The van der Waals surface area contributed by atoms with E-state index in [1.54, 1.807) is 0 Å². The average Bonchev–Trinajstić information content (AvgIpc) is 2.72. The van der Waals surface area contributed by atoms with Gasteiger partial charge in [0.25, 0.3) is 0 Å². The lowest BCUT2D eigenvalue weighted by Gasteiger charge is -2.14. The van der Waals surface area contributed by atoms with Crippen molar-refractivity contribution < 1.29 is 0 Å². The van der Waals surface area contributed by atoms with Crippen molar-refractivity contribution in [3.8, 4) is 12.3 Å². The standard InChI is InChI=1S/C13H21N3/c1-4-7-12(6-3)14-11-13-8-9-15-16(13)10-5-2/h1,8-9,12,14H,5-7,10-11H2,2-3H3. The zero-order valence-corrected chi connectivity index (χ0v) is 10.2. The third kappa shape index (κ3) is 3.71. The van der Waals surface area contributed by atoms with E-state index in [0.29, 0.717) is 6.04 Å². The summed E-state index contributed by atoms with van der Waals surface area (Å²) in [5.74, 6) is 2.70. The van der Waals surface area contributed by atoms with Crippen LogP contribution in [0.4, 0.5) is 0 Å². The first-order valence-electron chi connectivity index (χ1n) is 5.99. The van der Waals surface area contributed by atoms with Crippen LogP contribution in [0.3, 0.4) is 0 Å². The highest BCUT2D eigenvalue weighted by molar-refractivity contribution is 5.01. The number of nitrogens with zero attached hydrogens (tertiary/aromatic N) is 2. The monoisotopic (exact) mass is 219 g/mol. The number of aromatic nitrogens is 2. The number of aryl methyl sites for hydroxylation is 1. The first-order valence-corrected chi connectivity index (χ1v) is 5.99. The van der Waals surface area contributed by atoms with Gasteiger partial charge in [-0.05, 0) is 18.9 Å². The number of hydrogen-bond acceptors (Lipinski definition) is 2. The second-order valence-corrected chi connectivity index (χ2v) is 3.94. The molecule has 1 heterocycles. The van der Waals surface area contributed by atoms with E-state index in [2.05, 4.69) is 40.9 Å². The van der Waals surface area contributed by atoms with Crippen molar-refractivity contribution in [3.63, 3.8) is 0 Å². The van der Waals surface area contributed by atoms with Crippen molar-refractivity contribution >= 4 is 0 Å². The van der Waals surface area contributed by atoms with E-state index in [4.69, 9.17) is 6.42 Å². The van der Waals surface area contributed by atoms with Gasteiger partial charge in [-0.25, -0.2) is 0 Å². The van der Waals surface area contributed by atoms with Gasteiger partial charge in [0.05, 0.1) is 5.69 Å². The first-order chi connectivity index (χ1) is 7.81. The van der Waals surface area contributed by atoms with Crippen molar-refractivity contribution in [1.29, 1.82) is 0 Å². The molecule has 0 aliphatic carbocycles. The van der Waals surface area contributed by atoms with E-state index in [9.17, 15) is 0 Å². The van der Waals surface area contributed by atoms with Crippen LogP contribution in [0.5, 0.6) is 0 Å². The summed E-state index contributed by atoms with van der Waals surface area (Å²) in [7, 11) is 0. The number of hydrogen-bond donors (Lipinski definition) is 1. The second kappa shape index (κ2) is 7.08. The smallest absolute Gasteiger partial charge is 0.0522 e. The molecule has 0 aliphatic rings. The van der Waals surface area contributed by atoms with Crippen LogP contribution in [0.1, 0.15) is 38.8 Å². The van der Waals surface area contributed by atoms with Gasteiger partial charge < -0.3 is 5.32 Å². The van der Waals surface area contributed by atoms with Crippen LogP contribution >= 0.6 is 0 Å². The Kier molecular flexibility index (Phi) is 5.66. The molecular formula is C13H21N3. The molecule has 0 saturated carbocycles. The first kappa shape index (κ1) is 12.8. The molecule has 1 aromatic heterocycles. The van der Waals surface area contributed by atoms with Crippen LogP contribution in [0.25, 0.3) is 0 Å². The van der Waals surface area contributed by atoms with Gasteiger partial charge >= 0.3 is 0 Å². The summed E-state index contributed by atoms with van der Waals surface area (Å²) in [6.45, 7) is 6.14. The zero-order chi connectivity index (χ0) is 11.8. The van der Waals surface area contributed by atoms with E-state index in [-0.39, 0.29) is 0 Å². The Morgan fingerprint density at radius 2 is 2.38 bits per heavy atom. The molecule has 1 unspecified atom stereocenters. The molecule has 0 radical (unpaired) electrons. The Morgan fingerprint density at radius 1 is 1.56 bits per heavy atom. The summed E-state index contributed by atoms with van der Waals surface area (Å²) >= 11 is 0. The van der Waals surface area contributed by atoms with E-state index in [1.807, 2.05) is 6.20 Å². The summed E-state index contributed by atoms with van der Waals surface area (Å²) in [6.07, 6.45) is 10.1. The van der Waals surface area contributed by atoms with E-state index < -0.39 is 0 Å². The molecule has 1 N–H and O–H groups in total. The SMILES string of the molecule is C#CCC(CC)NCc1ccnn1CCC. The van der Waals surface area contributed by atoms with Crippen LogP contribution in [0.15, 0.2) is 12.3 Å². The van der Waals surface area contributed by atoms with Gasteiger partial charge in [-0.2, -0.15) is 5.10 Å². The minimum Gasteiger partial charge on any atom is -0.307 e. The highest BCUT2D eigenvalue weighted by Gasteiger charge is 2.06. The van der Waals surface area contributed by atoms with Crippen molar-refractivity contribution in [3.05, 3.63) is 18.0 Å². The van der Waals surface area contributed by atoms with Crippen LogP contribution < -0.4 is 5.32 Å². The maximum atomic E-state index is 5.32. The number of terminal acetylenes is 1. The molecule has 1 aromatic rings. The van der Waals surface area contributed by atoms with E-state index >= 15 is 0 Å². The number of nitrogens with one attached hydrogen (secondary N) is 1. The van der Waals surface area contributed by atoms with Crippen LogP contribution in [0.2, 0.25) is 0 Å². The average molecular weight is 219 g/mol. The van der Waals surface area contributed by atoms with E-state index in [1.165, 1.54) is 5.69 Å². The molecule has 1 rings (SSSR count). The van der Waals surface area contributed by atoms with Crippen molar-refractivity contribution in [2.24, 2.45) is 0 Å². The van der Waals surface area contributed by atoms with Gasteiger partial charge in [0, 0.05) is 31.7 Å². The molecule has 0 aliphatic heterocycles. The fourth-order valence-corrected chi connectivity index (χ4v) is 1.68. The fraction of sp³-hybridized carbons (Fsp3) is 0.615. The largest absolute Gasteiger partial charge is 0.307 e. The predicted octanol–water partition coefficient (Wildman–Crippen LogP) is 2.18. The van der Waals surface area contributed by atoms with Crippen LogP contribution in [-0.2, 0) is 13.1 Å². The lowest BCUT2D eigenvalue weighted by atomic mass is 10.1. The van der Waals surface area contributed by atoms with Gasteiger partial charge in [-0.15, -0.1) is 12.3 Å². The van der Waals surface area contributed by atoms with Gasteiger partial charge in [0.2, 0.25) is 0 Å². The Balaban J connectivity index is 2.46. The Hall–Kier alpha value is -1.27. The summed E-state index contributed by atoms with van der Waals surface area (Å²) in [6, 6.07) is 2.47. The van der Waals surface area contributed by atoms with Gasteiger partial charge in [0.1, 0.15) is 0 Å². The van der Waals surface area contributed by atoms with Crippen molar-refractivity contribution in [2.45, 2.75) is 52.2 Å². The topological polar surface area (TPSA) is 29.9 Å². The lowest BCUT2D eigenvalue weighted by molar-refractivity contribution is 0.479. The van der Waals surface area contributed by atoms with Gasteiger partial charge in [0.15, 0.2) is 0 Å². The maximum Gasteiger partial charge on any atom is 0.0522 e. The van der Waals surface area contributed by atoms with Crippen LogP contribution in [-0.4, -0.2) is 15.8 Å². The maximum absolute atomic E-state index is 5.32. The highest BCUT2D eigenvalue weighted by Crippen LogP contribution is 2.03. The minimum atomic E-state index is 0.412. The molecule has 0 aromatic carbocycles. The fourth-order valence-electron chi connectivity index (χ4n) is 1.68. The Bertz CT molecular complexity index is 335. The van der Waals surface area contributed by atoms with Gasteiger partial charge in [-0.3, -0.25) is 4.68 Å². The Labute approximate surface area is 98.2 Å². The predicted molar refractivity (Wildman–Crippen MR) is 66.9 cm³/mol. The molecule has 16 heavy (non-hydrogen) atoms. The van der Waals surface area contributed by atoms with Crippen molar-refractivity contribution in [2.75, 3.05) is 0 Å². The molecule has 0 fully saturated rings. The van der Waals surface area contributed by atoms with Crippen molar-refractivity contribution in [1.82, 2.24) is 15.1 Å². The van der Waals surface area contributed by atoms with E-state index in [0.717, 1.165) is 32.4 Å². The normalized spacial score (nSPS) is 12.3. The lowest BCUT2D eigenvalue weighted by Crippen LogP contribution is -2.28. The summed E-state index contributed by atoms with van der Waals surface area (Å²) in [5.41, 5.74) is 1.23. The molecular weight excluding hydrogens is 198 g/mol. The molecule has 3 nitrogen and oxygen atoms in total. The highest BCUT2D eigenvalue weighted by atomic mass is 15.3. The third-order valence-electron chi connectivity index (χ3n) is 2.67. The molecule has 3 heteroatoms. The zero-order valence-electron chi connectivity index (χ0n) is 10.2. The van der Waals surface area contributed by atoms with Gasteiger partial charge in [-0.1, -0.05) is 13.8 Å². The molecule has 0 amide bonds. The number of rotatable bonds is 7. The molecule has 0 spiro atoms. The minimum absolute atomic E-state index is 0.412. The summed E-state index contributed by atoms with van der Waals surface area (Å²) < 4.78 is 2.05. The molecule has 0 bridgehead atoms. The summed E-state index contributed by atoms with van der Waals surface area (Å²) in [5, 5.41) is 7.76. The summed E-state index contributed by atoms with van der Waals surface area (Å²) in [4.78, 5) is 0. The van der Waals surface area contributed by atoms with Crippen LogP contribution in [0, 0.1) is 12.3 Å². The molecule has 0 saturated heterocycles. The molecule has 88 valence electrons.